The zero-order valence-electron chi connectivity index (χ0n) is 25.6. The molecule has 212 valence electrons. The van der Waals surface area contributed by atoms with Gasteiger partial charge >= 0.3 is 0 Å². The second-order valence-corrected chi connectivity index (χ2v) is 11.4. The monoisotopic (exact) mass is 543 g/mol. The van der Waals surface area contributed by atoms with E-state index in [1.54, 1.807) is 4.90 Å². The molecular formula is C39H45NO. The molecule has 0 saturated heterocycles. The number of amides is 1. The van der Waals surface area contributed by atoms with Crippen LogP contribution in [0.1, 0.15) is 60.4 Å². The highest BCUT2D eigenvalue weighted by molar-refractivity contribution is 5.86. The number of carbonyl (C=O) groups excluding carboxylic acids is 1. The lowest BCUT2D eigenvalue weighted by atomic mass is 9.90. The Balaban J connectivity index is 1.46. The Hall–Kier alpha value is -3.91. The molecular weight excluding hydrogens is 498 g/mol. The molecule has 0 spiro atoms. The summed E-state index contributed by atoms with van der Waals surface area (Å²) in [7, 11) is 1.83. The smallest absolute Gasteiger partial charge is 0.245 e. The van der Waals surface area contributed by atoms with Crippen LogP contribution in [-0.4, -0.2) is 24.4 Å². The molecule has 0 aliphatic rings. The van der Waals surface area contributed by atoms with Crippen molar-refractivity contribution in [2.75, 3.05) is 13.6 Å². The van der Waals surface area contributed by atoms with Crippen LogP contribution in [0.15, 0.2) is 91.5 Å². The van der Waals surface area contributed by atoms with Gasteiger partial charge in [0.15, 0.2) is 0 Å². The molecule has 4 aromatic rings. The molecule has 41 heavy (non-hydrogen) atoms. The molecule has 0 atom stereocenters. The first-order valence-corrected chi connectivity index (χ1v) is 15.1. The van der Waals surface area contributed by atoms with E-state index >= 15 is 0 Å². The van der Waals surface area contributed by atoms with Crippen LogP contribution in [0.25, 0.3) is 33.4 Å². The number of hydrogen-bond donors (Lipinski definition) is 0. The first-order valence-electron chi connectivity index (χ1n) is 15.1. The molecule has 1 amide bonds. The third kappa shape index (κ3) is 7.64. The third-order valence-corrected chi connectivity index (χ3v) is 8.21. The number of likely N-dealkylation sites (N-methyl/N-ethyl adjacent to an activating group) is 1. The summed E-state index contributed by atoms with van der Waals surface area (Å²) < 4.78 is 0. The van der Waals surface area contributed by atoms with E-state index in [9.17, 15) is 4.79 Å². The quantitative estimate of drug-likeness (QED) is 0.129. The molecule has 2 heteroatoms. The normalized spacial score (nSPS) is 11.0. The molecule has 0 fully saturated rings. The van der Waals surface area contributed by atoms with Gasteiger partial charge in [-0.1, -0.05) is 105 Å². The van der Waals surface area contributed by atoms with E-state index in [1.807, 2.05) is 7.05 Å². The molecule has 2 nitrogen and oxygen atoms in total. The van der Waals surface area contributed by atoms with Crippen molar-refractivity contribution in [3.8, 4) is 33.4 Å². The van der Waals surface area contributed by atoms with Crippen LogP contribution >= 0.6 is 0 Å². The van der Waals surface area contributed by atoms with Gasteiger partial charge in [0.2, 0.25) is 5.91 Å². The molecule has 0 aliphatic heterocycles. The molecule has 0 radical (unpaired) electrons. The van der Waals surface area contributed by atoms with E-state index in [0.29, 0.717) is 0 Å². The van der Waals surface area contributed by atoms with E-state index in [0.717, 1.165) is 19.4 Å². The van der Waals surface area contributed by atoms with Gasteiger partial charge in [-0.25, -0.2) is 0 Å². The Kier molecular flexibility index (Phi) is 10.4. The summed E-state index contributed by atoms with van der Waals surface area (Å²) in [4.78, 5) is 13.4. The average Bonchev–Trinajstić information content (AvgIpc) is 2.97. The molecule has 4 rings (SSSR count). The van der Waals surface area contributed by atoms with Crippen molar-refractivity contribution in [1.29, 1.82) is 0 Å². The van der Waals surface area contributed by atoms with Crippen molar-refractivity contribution in [2.24, 2.45) is 0 Å². The molecule has 0 unspecified atom stereocenters. The lowest BCUT2D eigenvalue weighted by Crippen LogP contribution is -2.25. The largest absolute Gasteiger partial charge is 0.342 e. The van der Waals surface area contributed by atoms with Gasteiger partial charge in [-0.05, 0) is 114 Å². The van der Waals surface area contributed by atoms with Gasteiger partial charge in [0.25, 0.3) is 0 Å². The maximum absolute atomic E-state index is 11.7. The van der Waals surface area contributed by atoms with Crippen LogP contribution in [0.2, 0.25) is 0 Å². The van der Waals surface area contributed by atoms with Crippen LogP contribution in [0.4, 0.5) is 0 Å². The topological polar surface area (TPSA) is 20.3 Å². The van der Waals surface area contributed by atoms with Crippen LogP contribution in [0.5, 0.6) is 0 Å². The van der Waals surface area contributed by atoms with Gasteiger partial charge < -0.3 is 4.90 Å². The van der Waals surface area contributed by atoms with Crippen LogP contribution < -0.4 is 0 Å². The molecule has 0 saturated carbocycles. The predicted molar refractivity (Wildman–Crippen MR) is 176 cm³/mol. The summed E-state index contributed by atoms with van der Waals surface area (Å²) in [5.74, 6) is -0.0237. The summed E-state index contributed by atoms with van der Waals surface area (Å²) in [6.07, 6.45) is 8.26. The van der Waals surface area contributed by atoms with Crippen molar-refractivity contribution < 1.29 is 4.79 Å². The molecule has 0 heterocycles. The standard InChI is InChI=1S/C39H45NO/c1-7-9-10-12-31-14-17-33(18-15-31)34-19-22-36(29(4)26-34)35-20-23-38(30(5)27-35)37-21-16-32(25-28(37)3)13-11-24-40(6)39(41)8-2/h8,14-23,25-27H,2,7,9-13,24H2,1,3-6H3. The number of rotatable bonds is 12. The SMILES string of the molecule is C=CC(=O)N(C)CCCc1ccc(-c2ccc(-c3ccc(-c4ccc(CCCCC)cc4)cc3C)cc2C)c(C)c1. The van der Waals surface area contributed by atoms with Crippen molar-refractivity contribution in [1.82, 2.24) is 4.90 Å². The van der Waals surface area contributed by atoms with Gasteiger partial charge in [-0.15, -0.1) is 0 Å². The van der Waals surface area contributed by atoms with Crippen molar-refractivity contribution in [2.45, 2.75) is 66.2 Å². The van der Waals surface area contributed by atoms with Crippen LogP contribution in [0.3, 0.4) is 0 Å². The van der Waals surface area contributed by atoms with Crippen LogP contribution in [-0.2, 0) is 17.6 Å². The lowest BCUT2D eigenvalue weighted by Gasteiger charge is -2.16. The third-order valence-electron chi connectivity index (χ3n) is 8.21. The van der Waals surface area contributed by atoms with Crippen LogP contribution in [0, 0.1) is 20.8 Å². The fourth-order valence-corrected chi connectivity index (χ4v) is 5.71. The Labute approximate surface area is 247 Å². The van der Waals surface area contributed by atoms with Gasteiger partial charge in [0.1, 0.15) is 0 Å². The fraction of sp³-hybridized carbons (Fsp3) is 0.308. The summed E-state index contributed by atoms with van der Waals surface area (Å²) in [6, 6.07) is 29.6. The minimum Gasteiger partial charge on any atom is -0.342 e. The lowest BCUT2D eigenvalue weighted by molar-refractivity contribution is -0.124. The second kappa shape index (κ2) is 14.1. The molecule has 4 aromatic carbocycles. The minimum absolute atomic E-state index is 0.0237. The Morgan fingerprint density at radius 1 is 0.659 bits per heavy atom. The fourth-order valence-electron chi connectivity index (χ4n) is 5.71. The van der Waals surface area contributed by atoms with E-state index < -0.39 is 0 Å². The maximum atomic E-state index is 11.7. The highest BCUT2D eigenvalue weighted by Gasteiger charge is 2.11. The maximum Gasteiger partial charge on any atom is 0.245 e. The zero-order valence-corrected chi connectivity index (χ0v) is 25.6. The predicted octanol–water partition coefficient (Wildman–Crippen LogP) is 9.92. The number of hydrogen-bond acceptors (Lipinski definition) is 1. The molecule has 0 aromatic heterocycles. The molecule has 0 N–H and O–H groups in total. The number of nitrogens with zero attached hydrogens (tertiary/aromatic N) is 1. The zero-order chi connectivity index (χ0) is 29.4. The van der Waals surface area contributed by atoms with Gasteiger partial charge in [-0.3, -0.25) is 4.79 Å². The van der Waals surface area contributed by atoms with E-state index in [1.165, 1.54) is 93.0 Å². The Bertz CT molecular complexity index is 1490. The summed E-state index contributed by atoms with van der Waals surface area (Å²) in [5, 5.41) is 0. The van der Waals surface area contributed by atoms with Gasteiger partial charge in [0, 0.05) is 13.6 Å². The average molecular weight is 544 g/mol. The molecule has 0 bridgehead atoms. The van der Waals surface area contributed by atoms with E-state index in [2.05, 4.69) is 113 Å². The Morgan fingerprint density at radius 3 is 1.83 bits per heavy atom. The summed E-state index contributed by atoms with van der Waals surface area (Å²) in [6.45, 7) is 13.2. The first-order chi connectivity index (χ1) is 19.8. The number of benzene rings is 4. The van der Waals surface area contributed by atoms with E-state index in [4.69, 9.17) is 0 Å². The molecule has 0 aliphatic carbocycles. The van der Waals surface area contributed by atoms with Crippen molar-refractivity contribution in [3.63, 3.8) is 0 Å². The second-order valence-electron chi connectivity index (χ2n) is 11.4. The number of carbonyl (C=O) groups is 1. The van der Waals surface area contributed by atoms with Gasteiger partial charge in [-0.2, -0.15) is 0 Å². The van der Waals surface area contributed by atoms with Crippen molar-refractivity contribution in [3.05, 3.63) is 119 Å². The first kappa shape index (κ1) is 30.1. The number of aryl methyl sites for hydroxylation is 5. The van der Waals surface area contributed by atoms with E-state index in [-0.39, 0.29) is 5.91 Å². The summed E-state index contributed by atoms with van der Waals surface area (Å²) >= 11 is 0. The van der Waals surface area contributed by atoms with Crippen molar-refractivity contribution >= 4 is 5.91 Å². The Morgan fingerprint density at radius 2 is 1.20 bits per heavy atom. The highest BCUT2D eigenvalue weighted by atomic mass is 16.2. The summed E-state index contributed by atoms with van der Waals surface area (Å²) in [5.41, 5.74) is 14.3. The van der Waals surface area contributed by atoms with Gasteiger partial charge in [0.05, 0.1) is 0 Å². The number of unbranched alkanes of at least 4 members (excludes halogenated alkanes) is 2. The minimum atomic E-state index is -0.0237. The highest BCUT2D eigenvalue weighted by Crippen LogP contribution is 2.34.